The van der Waals surface area contributed by atoms with Gasteiger partial charge in [0.25, 0.3) is 11.8 Å². The first-order valence-electron chi connectivity index (χ1n) is 10.1. The molecule has 3 rings (SSSR count). The smallest absolute Gasteiger partial charge is 0.335 e. The number of halogens is 1. The number of anilines is 1. The lowest BCUT2D eigenvalue weighted by atomic mass is 10.1. The van der Waals surface area contributed by atoms with Crippen molar-refractivity contribution in [1.82, 2.24) is 5.32 Å². The van der Waals surface area contributed by atoms with Crippen LogP contribution in [0, 0.1) is 0 Å². The minimum absolute atomic E-state index is 0.00180. The van der Waals surface area contributed by atoms with E-state index in [9.17, 15) is 19.5 Å². The average molecular weight is 459 g/mol. The third kappa shape index (κ3) is 5.03. The molecule has 0 radical (unpaired) electrons. The van der Waals surface area contributed by atoms with Crippen LogP contribution >= 0.6 is 11.6 Å². The van der Waals surface area contributed by atoms with Crippen LogP contribution in [0.25, 0.3) is 6.08 Å². The Kier molecular flexibility index (Phi) is 7.37. The maximum absolute atomic E-state index is 13.0. The number of nitrogens with zero attached hydrogens (tertiary/aromatic N) is 1. The summed E-state index contributed by atoms with van der Waals surface area (Å²) in [7, 11) is 0. The average Bonchev–Trinajstić information content (AvgIpc) is 2.76. The lowest BCUT2D eigenvalue weighted by molar-refractivity contribution is -0.122. The monoisotopic (exact) mass is 458 g/mol. The fraction of sp³-hybridized carbons (Fsp3) is 0.261. The summed E-state index contributed by atoms with van der Waals surface area (Å²) in [6.07, 6.45) is 3.20. The summed E-state index contributed by atoms with van der Waals surface area (Å²) in [5.41, 5.74) is 0.369. The van der Waals surface area contributed by atoms with E-state index in [1.807, 2.05) is 0 Å². The molecule has 0 spiro atoms. The van der Waals surface area contributed by atoms with Crippen molar-refractivity contribution in [1.29, 1.82) is 0 Å². The van der Waals surface area contributed by atoms with Crippen molar-refractivity contribution in [3.8, 4) is 17.2 Å². The summed E-state index contributed by atoms with van der Waals surface area (Å²) in [5, 5.41) is 12.2. The van der Waals surface area contributed by atoms with E-state index in [4.69, 9.17) is 21.1 Å². The number of ether oxygens (including phenoxy) is 2. The molecule has 2 N–H and O–H groups in total. The molecular weight excluding hydrogens is 436 g/mol. The molecule has 0 unspecified atom stereocenters. The highest BCUT2D eigenvalue weighted by Gasteiger charge is 2.36. The van der Waals surface area contributed by atoms with Gasteiger partial charge in [0.05, 0.1) is 23.9 Å². The van der Waals surface area contributed by atoms with Gasteiger partial charge in [-0.3, -0.25) is 14.9 Å². The Morgan fingerprint density at radius 2 is 1.81 bits per heavy atom. The minimum Gasteiger partial charge on any atom is -0.503 e. The maximum Gasteiger partial charge on any atom is 0.335 e. The molecule has 0 bridgehead atoms. The summed E-state index contributed by atoms with van der Waals surface area (Å²) in [6.45, 7) is 4.65. The quantitative estimate of drug-likeness (QED) is 0.347. The van der Waals surface area contributed by atoms with Crippen molar-refractivity contribution in [3.05, 3.63) is 52.6 Å². The second kappa shape index (κ2) is 10.2. The SMILES string of the molecule is CCCCOc1ccc(N2C(=O)NC(=O)/C(=C/c3cc(Cl)c(O)c(OCC)c3)C2=O)cc1. The number of carbonyl (C=O) groups excluding carboxylic acids is 3. The molecular formula is C23H23ClN2O6. The highest BCUT2D eigenvalue weighted by Crippen LogP contribution is 2.36. The van der Waals surface area contributed by atoms with Crippen molar-refractivity contribution in [2.75, 3.05) is 18.1 Å². The van der Waals surface area contributed by atoms with Crippen molar-refractivity contribution in [2.45, 2.75) is 26.7 Å². The first-order chi connectivity index (χ1) is 15.3. The van der Waals surface area contributed by atoms with Crippen molar-refractivity contribution in [3.63, 3.8) is 0 Å². The fourth-order valence-electron chi connectivity index (χ4n) is 3.03. The van der Waals surface area contributed by atoms with Crippen LogP contribution in [0.5, 0.6) is 17.2 Å². The molecule has 9 heteroatoms. The van der Waals surface area contributed by atoms with E-state index in [-0.39, 0.29) is 34.4 Å². The second-order valence-electron chi connectivity index (χ2n) is 6.94. The molecule has 4 amide bonds. The zero-order valence-electron chi connectivity index (χ0n) is 17.7. The molecule has 2 aromatic rings. The summed E-state index contributed by atoms with van der Waals surface area (Å²) < 4.78 is 10.9. The van der Waals surface area contributed by atoms with Crippen molar-refractivity contribution < 1.29 is 29.0 Å². The number of hydrogen-bond acceptors (Lipinski definition) is 6. The number of carbonyl (C=O) groups is 3. The zero-order valence-corrected chi connectivity index (χ0v) is 18.4. The molecule has 168 valence electrons. The van der Waals surface area contributed by atoms with Crippen LogP contribution in [0.1, 0.15) is 32.3 Å². The van der Waals surface area contributed by atoms with Gasteiger partial charge in [0, 0.05) is 0 Å². The molecule has 2 aromatic carbocycles. The number of benzene rings is 2. The lowest BCUT2D eigenvalue weighted by Gasteiger charge is -2.26. The van der Waals surface area contributed by atoms with Gasteiger partial charge in [0.15, 0.2) is 11.5 Å². The third-order valence-corrected chi connectivity index (χ3v) is 4.91. The molecule has 1 aliphatic heterocycles. The number of amides is 4. The van der Waals surface area contributed by atoms with Gasteiger partial charge in [0.1, 0.15) is 11.3 Å². The van der Waals surface area contributed by atoms with Gasteiger partial charge in [-0.25, -0.2) is 9.69 Å². The number of aromatic hydroxyl groups is 1. The Morgan fingerprint density at radius 1 is 1.09 bits per heavy atom. The van der Waals surface area contributed by atoms with Gasteiger partial charge >= 0.3 is 6.03 Å². The first kappa shape index (κ1) is 23.1. The predicted octanol–water partition coefficient (Wildman–Crippen LogP) is 4.29. The van der Waals surface area contributed by atoms with E-state index in [0.717, 1.165) is 17.7 Å². The minimum atomic E-state index is -0.851. The van der Waals surface area contributed by atoms with Crippen LogP contribution in [-0.2, 0) is 9.59 Å². The topological polar surface area (TPSA) is 105 Å². The van der Waals surface area contributed by atoms with Gasteiger partial charge in [0.2, 0.25) is 0 Å². The van der Waals surface area contributed by atoms with E-state index in [2.05, 4.69) is 12.2 Å². The van der Waals surface area contributed by atoms with E-state index in [1.165, 1.54) is 18.2 Å². The Labute approximate surface area is 190 Å². The van der Waals surface area contributed by atoms with Crippen LogP contribution in [-0.4, -0.2) is 36.2 Å². The standard InChI is InChI=1S/C23H23ClN2O6/c1-3-5-10-32-16-8-6-15(7-9-16)26-22(29)17(21(28)25-23(26)30)11-14-12-18(24)20(27)19(13-14)31-4-2/h6-9,11-13,27H,3-5,10H2,1-2H3,(H,25,28,30)/b17-11-. The van der Waals surface area contributed by atoms with E-state index < -0.39 is 17.8 Å². The predicted molar refractivity (Wildman–Crippen MR) is 120 cm³/mol. The van der Waals surface area contributed by atoms with E-state index in [0.29, 0.717) is 17.9 Å². The van der Waals surface area contributed by atoms with Crippen LogP contribution in [0.4, 0.5) is 10.5 Å². The van der Waals surface area contributed by atoms with Crippen LogP contribution in [0.15, 0.2) is 42.0 Å². The van der Waals surface area contributed by atoms with Gasteiger partial charge < -0.3 is 14.6 Å². The van der Waals surface area contributed by atoms with Gasteiger partial charge in [-0.15, -0.1) is 0 Å². The molecule has 1 fully saturated rings. The summed E-state index contributed by atoms with van der Waals surface area (Å²) in [6, 6.07) is 8.42. The second-order valence-corrected chi connectivity index (χ2v) is 7.34. The summed E-state index contributed by atoms with van der Waals surface area (Å²) in [5.74, 6) is -1.14. The molecule has 0 atom stereocenters. The maximum atomic E-state index is 13.0. The first-order valence-corrected chi connectivity index (χ1v) is 10.5. The fourth-order valence-corrected chi connectivity index (χ4v) is 3.25. The number of imide groups is 2. The molecule has 0 saturated carbocycles. The number of urea groups is 1. The van der Waals surface area contributed by atoms with Gasteiger partial charge in [-0.05, 0) is 61.4 Å². The molecule has 0 aliphatic carbocycles. The van der Waals surface area contributed by atoms with Gasteiger partial charge in [-0.2, -0.15) is 0 Å². The normalized spacial score (nSPS) is 15.2. The number of hydrogen-bond donors (Lipinski definition) is 2. The number of unbranched alkanes of at least 4 members (excludes halogenated alkanes) is 1. The summed E-state index contributed by atoms with van der Waals surface area (Å²) in [4.78, 5) is 38.7. The molecule has 1 saturated heterocycles. The lowest BCUT2D eigenvalue weighted by Crippen LogP contribution is -2.54. The van der Waals surface area contributed by atoms with E-state index >= 15 is 0 Å². The summed E-state index contributed by atoms with van der Waals surface area (Å²) >= 11 is 6.03. The molecule has 8 nitrogen and oxygen atoms in total. The van der Waals surface area contributed by atoms with Crippen molar-refractivity contribution in [2.24, 2.45) is 0 Å². The number of nitrogens with one attached hydrogen (secondary N) is 1. The van der Waals surface area contributed by atoms with Crippen LogP contribution in [0.2, 0.25) is 5.02 Å². The van der Waals surface area contributed by atoms with Crippen molar-refractivity contribution >= 4 is 41.2 Å². The number of phenolic OH excluding ortho intramolecular Hbond substituents is 1. The molecule has 32 heavy (non-hydrogen) atoms. The molecule has 0 aromatic heterocycles. The molecule has 1 heterocycles. The van der Waals surface area contributed by atoms with E-state index in [1.54, 1.807) is 31.2 Å². The Hall–Kier alpha value is -3.52. The number of phenols is 1. The number of rotatable bonds is 8. The molecule has 1 aliphatic rings. The largest absolute Gasteiger partial charge is 0.503 e. The van der Waals surface area contributed by atoms with Gasteiger partial charge in [-0.1, -0.05) is 24.9 Å². The Bertz CT molecular complexity index is 1060. The zero-order chi connectivity index (χ0) is 23.3. The number of barbiturate groups is 1. The Morgan fingerprint density at radius 3 is 2.47 bits per heavy atom. The van der Waals surface area contributed by atoms with Crippen LogP contribution in [0.3, 0.4) is 0 Å². The Balaban J connectivity index is 1.90. The third-order valence-electron chi connectivity index (χ3n) is 4.62. The van der Waals surface area contributed by atoms with Crippen LogP contribution < -0.4 is 19.7 Å². The highest BCUT2D eigenvalue weighted by molar-refractivity contribution is 6.39. The highest BCUT2D eigenvalue weighted by atomic mass is 35.5.